The fraction of sp³-hybridized carbons (Fsp3) is 0.250. The van der Waals surface area contributed by atoms with Gasteiger partial charge in [0.25, 0.3) is 5.91 Å². The van der Waals surface area contributed by atoms with E-state index in [2.05, 4.69) is 11.4 Å². The predicted molar refractivity (Wildman–Crippen MR) is 116 cm³/mol. The van der Waals surface area contributed by atoms with Crippen LogP contribution in [0.5, 0.6) is 0 Å². The van der Waals surface area contributed by atoms with E-state index in [0.717, 1.165) is 16.4 Å². The largest absolute Gasteiger partial charge is 0.452 e. The number of esters is 1. The predicted octanol–water partition coefficient (Wildman–Crippen LogP) is 4.58. The first-order chi connectivity index (χ1) is 13.7. The van der Waals surface area contributed by atoms with E-state index in [9.17, 15) is 9.59 Å². The average molecular weight is 431 g/mol. The number of ether oxygens (including phenoxy) is 1. The Bertz CT molecular complexity index is 875. The molecule has 2 aromatic carbocycles. The third kappa shape index (κ3) is 5.71. The van der Waals surface area contributed by atoms with E-state index in [-0.39, 0.29) is 12.4 Å². The minimum atomic E-state index is -0.527. The summed E-state index contributed by atoms with van der Waals surface area (Å²) in [7, 11) is 0. The van der Waals surface area contributed by atoms with Crippen LogP contribution in [0.1, 0.15) is 20.5 Å². The molecule has 1 amide bonds. The van der Waals surface area contributed by atoms with Crippen LogP contribution in [0.25, 0.3) is 0 Å². The Labute approximate surface area is 176 Å². The van der Waals surface area contributed by atoms with Gasteiger partial charge in [-0.15, -0.1) is 35.3 Å². The van der Waals surface area contributed by atoms with E-state index >= 15 is 0 Å². The molecule has 1 aliphatic heterocycles. The fourth-order valence-corrected chi connectivity index (χ4v) is 6.06. The Morgan fingerprint density at radius 1 is 1.14 bits per heavy atom. The molecule has 0 saturated carbocycles. The number of nitrogens with zero attached hydrogens (tertiary/aromatic N) is 1. The van der Waals surface area contributed by atoms with Crippen LogP contribution < -0.4 is 5.32 Å². The van der Waals surface area contributed by atoms with Gasteiger partial charge in [0.1, 0.15) is 0 Å². The molecule has 0 spiro atoms. The quantitative estimate of drug-likeness (QED) is 0.509. The zero-order chi connectivity index (χ0) is 19.8. The Morgan fingerprint density at radius 3 is 2.57 bits per heavy atom. The maximum atomic E-state index is 12.2. The van der Waals surface area contributed by atoms with Gasteiger partial charge in [-0.25, -0.2) is 4.79 Å². The molecule has 1 saturated heterocycles. The molecule has 0 unspecified atom stereocenters. The Kier molecular flexibility index (Phi) is 7.71. The molecule has 3 rings (SSSR count). The minimum absolute atomic E-state index is 0.287. The number of amides is 1. The van der Waals surface area contributed by atoms with Crippen LogP contribution in [0.15, 0.2) is 53.4 Å². The lowest BCUT2D eigenvalue weighted by Gasteiger charge is -2.11. The van der Waals surface area contributed by atoms with Crippen molar-refractivity contribution in [1.82, 2.24) is 0 Å². The molecular formula is C20H18N2O3S3. The first-order valence-electron chi connectivity index (χ1n) is 8.56. The van der Waals surface area contributed by atoms with Crippen molar-refractivity contribution in [2.75, 3.05) is 29.2 Å². The van der Waals surface area contributed by atoms with E-state index in [1.807, 2.05) is 47.8 Å². The standard InChI is InChI=1S/C20H18N2O3S3/c21-9-10-26-17-4-2-1-3-16(17)22-18(23)13-25-19(24)14-5-7-15(8-6-14)20-27-11-12-28-20/h1-8,20H,10-13H2,(H,22,23). The maximum absolute atomic E-state index is 12.2. The maximum Gasteiger partial charge on any atom is 0.338 e. The van der Waals surface area contributed by atoms with Crippen LogP contribution in [0, 0.1) is 11.3 Å². The number of hydrogen-bond acceptors (Lipinski definition) is 7. The Hall–Kier alpha value is -2.08. The highest BCUT2D eigenvalue weighted by atomic mass is 32.2. The van der Waals surface area contributed by atoms with E-state index < -0.39 is 11.9 Å². The number of carbonyl (C=O) groups is 2. The van der Waals surface area contributed by atoms with Crippen LogP contribution in [0.2, 0.25) is 0 Å². The first kappa shape index (κ1) is 20.6. The van der Waals surface area contributed by atoms with Crippen molar-refractivity contribution >= 4 is 52.8 Å². The van der Waals surface area contributed by atoms with E-state index in [1.54, 1.807) is 24.3 Å². The van der Waals surface area contributed by atoms with Crippen LogP contribution in [0.3, 0.4) is 0 Å². The summed E-state index contributed by atoms with van der Waals surface area (Å²) in [6, 6.07) is 16.6. The monoisotopic (exact) mass is 430 g/mol. The number of benzene rings is 2. The molecule has 1 N–H and O–H groups in total. The van der Waals surface area contributed by atoms with Crippen molar-refractivity contribution in [1.29, 1.82) is 5.26 Å². The topological polar surface area (TPSA) is 79.2 Å². The summed E-state index contributed by atoms with van der Waals surface area (Å²) in [6.07, 6.45) is 0. The van der Waals surface area contributed by atoms with Gasteiger partial charge in [-0.2, -0.15) is 5.26 Å². The molecule has 8 heteroatoms. The van der Waals surface area contributed by atoms with Gasteiger partial charge >= 0.3 is 5.97 Å². The molecular weight excluding hydrogens is 412 g/mol. The number of nitrogens with one attached hydrogen (secondary N) is 1. The number of anilines is 1. The van der Waals surface area contributed by atoms with Gasteiger partial charge in [0.15, 0.2) is 6.61 Å². The third-order valence-electron chi connectivity index (χ3n) is 3.83. The molecule has 2 aromatic rings. The summed E-state index contributed by atoms with van der Waals surface area (Å²) in [5, 5.41) is 11.4. The highest BCUT2D eigenvalue weighted by molar-refractivity contribution is 8.19. The molecule has 0 radical (unpaired) electrons. The summed E-state index contributed by atoms with van der Waals surface area (Å²) >= 11 is 5.15. The lowest BCUT2D eigenvalue weighted by atomic mass is 10.1. The van der Waals surface area contributed by atoms with Crippen LogP contribution >= 0.6 is 35.3 Å². The van der Waals surface area contributed by atoms with Gasteiger partial charge in [-0.05, 0) is 29.8 Å². The van der Waals surface area contributed by atoms with Gasteiger partial charge < -0.3 is 10.1 Å². The number of hydrogen-bond donors (Lipinski definition) is 1. The van der Waals surface area contributed by atoms with E-state index in [4.69, 9.17) is 10.00 Å². The summed E-state index contributed by atoms with van der Waals surface area (Å²) in [6.45, 7) is -0.369. The normalized spacial score (nSPS) is 13.7. The molecule has 5 nitrogen and oxygen atoms in total. The molecule has 0 aromatic heterocycles. The van der Waals surface area contributed by atoms with Crippen LogP contribution in [0.4, 0.5) is 5.69 Å². The smallest absolute Gasteiger partial charge is 0.338 e. The molecule has 0 bridgehead atoms. The van der Waals surface area contributed by atoms with Crippen molar-refractivity contribution in [3.05, 3.63) is 59.7 Å². The SMILES string of the molecule is N#CCSc1ccccc1NC(=O)COC(=O)c1ccc(C2SCCS2)cc1. The summed E-state index contributed by atoms with van der Waals surface area (Å²) in [4.78, 5) is 25.1. The molecule has 1 aliphatic rings. The Morgan fingerprint density at radius 2 is 1.86 bits per heavy atom. The van der Waals surface area contributed by atoms with Gasteiger partial charge in [-0.3, -0.25) is 4.79 Å². The lowest BCUT2D eigenvalue weighted by Crippen LogP contribution is -2.21. The third-order valence-corrected chi connectivity index (χ3v) is 7.87. The van der Waals surface area contributed by atoms with Crippen molar-refractivity contribution in [3.8, 4) is 6.07 Å². The zero-order valence-corrected chi connectivity index (χ0v) is 17.4. The van der Waals surface area contributed by atoms with Crippen molar-refractivity contribution in [3.63, 3.8) is 0 Å². The minimum Gasteiger partial charge on any atom is -0.452 e. The highest BCUT2D eigenvalue weighted by Crippen LogP contribution is 2.45. The molecule has 0 aliphatic carbocycles. The fourth-order valence-electron chi connectivity index (χ4n) is 2.53. The summed E-state index contributed by atoms with van der Waals surface area (Å²) in [5.41, 5.74) is 2.21. The number of thioether (sulfide) groups is 3. The number of carbonyl (C=O) groups excluding carboxylic acids is 2. The second-order valence-electron chi connectivity index (χ2n) is 5.76. The zero-order valence-electron chi connectivity index (χ0n) is 14.9. The van der Waals surface area contributed by atoms with Crippen LogP contribution in [-0.2, 0) is 9.53 Å². The Balaban J connectivity index is 1.52. The first-order valence-corrected chi connectivity index (χ1v) is 11.6. The van der Waals surface area contributed by atoms with E-state index in [0.29, 0.717) is 15.8 Å². The van der Waals surface area contributed by atoms with Crippen molar-refractivity contribution in [2.45, 2.75) is 9.48 Å². The number of rotatable bonds is 7. The van der Waals surface area contributed by atoms with Crippen molar-refractivity contribution < 1.29 is 14.3 Å². The number of para-hydroxylation sites is 1. The van der Waals surface area contributed by atoms with E-state index in [1.165, 1.54) is 17.3 Å². The second kappa shape index (κ2) is 10.5. The van der Waals surface area contributed by atoms with Crippen molar-refractivity contribution in [2.24, 2.45) is 0 Å². The molecule has 1 heterocycles. The van der Waals surface area contributed by atoms with Gasteiger partial charge in [0.05, 0.1) is 27.7 Å². The molecule has 28 heavy (non-hydrogen) atoms. The van der Waals surface area contributed by atoms with Crippen LogP contribution in [-0.4, -0.2) is 35.7 Å². The molecule has 1 fully saturated rings. The van der Waals surface area contributed by atoms with Gasteiger partial charge in [0, 0.05) is 16.4 Å². The van der Waals surface area contributed by atoms with Gasteiger partial charge in [-0.1, -0.05) is 24.3 Å². The summed E-state index contributed by atoms with van der Waals surface area (Å²) < 4.78 is 5.55. The summed E-state index contributed by atoms with van der Waals surface area (Å²) in [5.74, 6) is 1.63. The lowest BCUT2D eigenvalue weighted by molar-refractivity contribution is -0.119. The highest BCUT2D eigenvalue weighted by Gasteiger charge is 2.19. The average Bonchev–Trinajstić information content (AvgIpc) is 3.26. The molecule has 0 atom stereocenters. The molecule has 144 valence electrons. The van der Waals surface area contributed by atoms with Gasteiger partial charge in [0.2, 0.25) is 0 Å². The second-order valence-corrected chi connectivity index (χ2v) is 9.50. The number of nitriles is 1.